The lowest BCUT2D eigenvalue weighted by atomic mass is 9.73. The summed E-state index contributed by atoms with van der Waals surface area (Å²) < 4.78 is 28.1. The molecule has 2 saturated heterocycles. The fraction of sp³-hybridized carbons (Fsp3) is 0.571. The molecule has 2 heterocycles. The van der Waals surface area contributed by atoms with Crippen LogP contribution in [0.1, 0.15) is 20.3 Å². The van der Waals surface area contributed by atoms with Crippen molar-refractivity contribution in [1.82, 2.24) is 8.61 Å². The predicted molar refractivity (Wildman–Crippen MR) is 84.0 cm³/mol. The minimum absolute atomic E-state index is 0.247. The summed E-state index contributed by atoms with van der Waals surface area (Å²) in [5, 5.41) is -1.38. The second kappa shape index (κ2) is 5.13. The van der Waals surface area contributed by atoms with Crippen molar-refractivity contribution in [2.75, 3.05) is 13.1 Å². The van der Waals surface area contributed by atoms with Crippen LogP contribution in [0.25, 0.3) is 0 Å². The zero-order chi connectivity index (χ0) is 16.2. The third-order valence-electron chi connectivity index (χ3n) is 4.65. The number of carbonyl (C=O) groups excluding carboxylic acids is 2. The van der Waals surface area contributed by atoms with Crippen LogP contribution in [0.15, 0.2) is 24.3 Å². The number of fused-ring (bicyclic) bond motifs is 3. The van der Waals surface area contributed by atoms with Gasteiger partial charge in [-0.2, -0.15) is 0 Å². The van der Waals surface area contributed by atoms with E-state index in [2.05, 4.69) is 6.58 Å². The Morgan fingerprint density at radius 3 is 2.45 bits per heavy atom. The molecule has 0 N–H and O–H groups in total. The molecular formula is C14H18N2O4S2. The highest BCUT2D eigenvalue weighted by molar-refractivity contribution is 7.89. The second-order valence-corrected chi connectivity index (χ2v) is 8.50. The van der Waals surface area contributed by atoms with Crippen molar-refractivity contribution in [2.24, 2.45) is 5.41 Å². The molecule has 3 aliphatic rings. The molecule has 2 fully saturated rings. The maximum Gasteiger partial charge on any atom is 0.262 e. The molecule has 22 heavy (non-hydrogen) atoms. The van der Waals surface area contributed by atoms with Crippen LogP contribution in [0, 0.1) is 5.41 Å². The quantitative estimate of drug-likeness (QED) is 0.691. The zero-order valence-electron chi connectivity index (χ0n) is 12.5. The Kier molecular flexibility index (Phi) is 3.64. The number of hydrogen-bond acceptors (Lipinski definition) is 4. The lowest BCUT2D eigenvalue weighted by Crippen LogP contribution is -2.47. The van der Waals surface area contributed by atoms with Gasteiger partial charge in [0.2, 0.25) is 5.91 Å². The number of rotatable bonds is 3. The van der Waals surface area contributed by atoms with Crippen LogP contribution in [0.5, 0.6) is 0 Å². The summed E-state index contributed by atoms with van der Waals surface area (Å²) in [6, 6.07) is 0. The highest BCUT2D eigenvalue weighted by atomic mass is 32.2. The van der Waals surface area contributed by atoms with Gasteiger partial charge in [0.05, 0.1) is 10.7 Å². The van der Waals surface area contributed by atoms with Gasteiger partial charge >= 0.3 is 0 Å². The summed E-state index contributed by atoms with van der Waals surface area (Å²) >= 11 is 0. The fourth-order valence-electron chi connectivity index (χ4n) is 3.50. The molecule has 2 aliphatic heterocycles. The van der Waals surface area contributed by atoms with E-state index in [1.165, 1.54) is 14.7 Å². The van der Waals surface area contributed by atoms with Gasteiger partial charge in [-0.05, 0) is 20.3 Å². The Morgan fingerprint density at radius 2 is 1.91 bits per heavy atom. The van der Waals surface area contributed by atoms with E-state index in [1.54, 1.807) is 19.9 Å². The smallest absolute Gasteiger partial charge is 0.262 e. The average Bonchev–Trinajstić information content (AvgIpc) is 2.89. The number of amides is 2. The molecule has 0 spiro atoms. The average molecular weight is 342 g/mol. The van der Waals surface area contributed by atoms with Gasteiger partial charge < -0.3 is 0 Å². The summed E-state index contributed by atoms with van der Waals surface area (Å²) in [4.78, 5) is 25.0. The summed E-state index contributed by atoms with van der Waals surface area (Å²) in [5.41, 5.74) is -0.587. The molecule has 0 radical (unpaired) electrons. The molecule has 0 aromatic carbocycles. The van der Waals surface area contributed by atoms with Crippen molar-refractivity contribution in [1.29, 1.82) is 0 Å². The molecule has 0 saturated carbocycles. The summed E-state index contributed by atoms with van der Waals surface area (Å²) in [6.07, 6.45) is 3.50. The Balaban J connectivity index is 2.16. The molecular weight excluding hydrogens is 324 g/mol. The maximum atomic E-state index is 12.8. The number of nitrogens with zero attached hydrogens (tertiary/aromatic N) is 2. The summed E-state index contributed by atoms with van der Waals surface area (Å²) in [5.74, 6) is -0.522. The first-order chi connectivity index (χ1) is 10.4. The summed E-state index contributed by atoms with van der Waals surface area (Å²) in [6.45, 7) is 7.91. The van der Waals surface area contributed by atoms with E-state index in [9.17, 15) is 18.0 Å². The number of hydrogen-bond donors (Lipinski definition) is 0. The normalized spacial score (nSPS) is 40.5. The molecule has 0 aromatic heterocycles. The highest BCUT2D eigenvalue weighted by Crippen LogP contribution is 2.50. The van der Waals surface area contributed by atoms with Gasteiger partial charge in [0.25, 0.3) is 5.91 Å². The van der Waals surface area contributed by atoms with Crippen molar-refractivity contribution in [3.8, 4) is 0 Å². The standard InChI is InChI=1S/C14H18N2O4S2/c1-4-14-8-7-9-10(21(19)15(5-2)12(9)17)11(14)22(20)16(6-3)13(14)18/h4,7,10-11H,1,5-6,8H2,2-3H3/t10-,11+,14-,21?,22?/m1/s1. The van der Waals surface area contributed by atoms with E-state index in [0.717, 1.165) is 0 Å². The van der Waals surface area contributed by atoms with Gasteiger partial charge in [-0.25, -0.2) is 8.42 Å². The van der Waals surface area contributed by atoms with E-state index in [1.807, 2.05) is 0 Å². The number of carbonyl (C=O) groups is 2. The van der Waals surface area contributed by atoms with E-state index in [0.29, 0.717) is 18.7 Å². The van der Waals surface area contributed by atoms with Crippen LogP contribution < -0.4 is 0 Å². The van der Waals surface area contributed by atoms with Crippen LogP contribution >= 0.6 is 0 Å². The maximum absolute atomic E-state index is 12.8. The van der Waals surface area contributed by atoms with Gasteiger partial charge in [-0.15, -0.1) is 6.58 Å². The monoisotopic (exact) mass is 342 g/mol. The van der Waals surface area contributed by atoms with Crippen LogP contribution in [0.3, 0.4) is 0 Å². The largest absolute Gasteiger partial charge is 0.273 e. The minimum atomic E-state index is -1.61. The van der Waals surface area contributed by atoms with Gasteiger partial charge in [-0.3, -0.25) is 18.2 Å². The third kappa shape index (κ3) is 1.65. The van der Waals surface area contributed by atoms with Crippen LogP contribution in [0.2, 0.25) is 0 Å². The molecule has 120 valence electrons. The first-order valence-corrected chi connectivity index (χ1v) is 9.57. The van der Waals surface area contributed by atoms with E-state index in [-0.39, 0.29) is 18.2 Å². The Labute approximate surface area is 134 Å². The van der Waals surface area contributed by atoms with Crippen molar-refractivity contribution < 1.29 is 18.0 Å². The lowest BCUT2D eigenvalue weighted by molar-refractivity contribution is -0.132. The van der Waals surface area contributed by atoms with E-state index in [4.69, 9.17) is 0 Å². The molecule has 0 aromatic rings. The van der Waals surface area contributed by atoms with Gasteiger partial charge in [-0.1, -0.05) is 12.2 Å². The minimum Gasteiger partial charge on any atom is -0.273 e. The van der Waals surface area contributed by atoms with Crippen LogP contribution in [0.4, 0.5) is 0 Å². The number of allylic oxidation sites excluding steroid dienone is 1. The van der Waals surface area contributed by atoms with Crippen molar-refractivity contribution in [3.05, 3.63) is 24.3 Å². The molecule has 8 heteroatoms. The van der Waals surface area contributed by atoms with Gasteiger partial charge in [0.15, 0.2) is 0 Å². The van der Waals surface area contributed by atoms with E-state index < -0.39 is 37.9 Å². The first-order valence-electron chi connectivity index (χ1n) is 7.23. The topological polar surface area (TPSA) is 74.8 Å². The SMILES string of the molecule is C=C[C@@]12CC=C3C(=O)N(CC)S(=O)[C@H]3[C@@H]1S(=O)N(CC)C2=O. The van der Waals surface area contributed by atoms with Crippen molar-refractivity contribution in [3.63, 3.8) is 0 Å². The highest BCUT2D eigenvalue weighted by Gasteiger charge is 2.65. The fourth-order valence-corrected chi connectivity index (χ4v) is 7.61. The molecule has 1 aliphatic carbocycles. The third-order valence-corrected chi connectivity index (χ3v) is 8.63. The van der Waals surface area contributed by atoms with Crippen molar-refractivity contribution in [2.45, 2.75) is 30.8 Å². The van der Waals surface area contributed by atoms with Crippen LogP contribution in [-0.4, -0.2) is 52.4 Å². The zero-order valence-corrected chi connectivity index (χ0v) is 14.1. The molecule has 5 atom stereocenters. The van der Waals surface area contributed by atoms with Crippen LogP contribution in [-0.2, 0) is 31.6 Å². The molecule has 6 nitrogen and oxygen atoms in total. The lowest BCUT2D eigenvalue weighted by Gasteiger charge is -2.33. The molecule has 0 bridgehead atoms. The van der Waals surface area contributed by atoms with Gasteiger partial charge in [0, 0.05) is 18.7 Å². The number of likely N-dealkylation sites (N-methyl/N-ethyl adjacent to an activating group) is 1. The second-order valence-electron chi connectivity index (χ2n) is 5.50. The summed E-state index contributed by atoms with van der Waals surface area (Å²) in [7, 11) is -3.21. The molecule has 3 rings (SSSR count). The Bertz CT molecular complexity index is 659. The molecule has 2 unspecified atom stereocenters. The molecule has 2 amide bonds. The van der Waals surface area contributed by atoms with Gasteiger partial charge in [0.1, 0.15) is 27.2 Å². The Morgan fingerprint density at radius 1 is 1.27 bits per heavy atom. The first kappa shape index (κ1) is 15.6. The van der Waals surface area contributed by atoms with Crippen molar-refractivity contribution >= 4 is 33.8 Å². The predicted octanol–water partition coefficient (Wildman–Crippen LogP) is 0.278. The Hall–Kier alpha value is -1.28. The van der Waals surface area contributed by atoms with E-state index >= 15 is 0 Å².